The van der Waals surface area contributed by atoms with Gasteiger partial charge in [0.1, 0.15) is 13.2 Å². The minimum Gasteiger partial charge on any atom is -0.545 e. The van der Waals surface area contributed by atoms with E-state index in [-0.39, 0.29) is 38.6 Å². The van der Waals surface area contributed by atoms with Crippen LogP contribution in [0.3, 0.4) is 0 Å². The van der Waals surface area contributed by atoms with Gasteiger partial charge in [0.15, 0.2) is 12.4 Å². The van der Waals surface area contributed by atoms with Crippen LogP contribution in [0.1, 0.15) is 277 Å². The number of allylic oxidation sites excluding steroid dienone is 18. The molecular formula is C73H125NO8. The van der Waals surface area contributed by atoms with Gasteiger partial charge >= 0.3 is 11.9 Å². The second kappa shape index (κ2) is 63.0. The lowest BCUT2D eigenvalue weighted by Crippen LogP contribution is -2.44. The summed E-state index contributed by atoms with van der Waals surface area (Å²) in [6.07, 6.45) is 84.5. The topological polar surface area (TPSA) is 111 Å². The highest BCUT2D eigenvalue weighted by Gasteiger charge is 2.22. The van der Waals surface area contributed by atoms with E-state index in [4.69, 9.17) is 18.9 Å². The number of hydrogen-bond acceptors (Lipinski definition) is 8. The molecule has 0 heterocycles. The van der Waals surface area contributed by atoms with Crippen LogP contribution < -0.4 is 5.11 Å². The Labute approximate surface area is 505 Å². The van der Waals surface area contributed by atoms with Crippen LogP contribution in [-0.4, -0.2) is 82.3 Å². The molecular weight excluding hydrogens is 1020 g/mol. The van der Waals surface area contributed by atoms with E-state index in [9.17, 15) is 19.5 Å². The summed E-state index contributed by atoms with van der Waals surface area (Å²) in [5.41, 5.74) is 0. The van der Waals surface area contributed by atoms with Crippen LogP contribution in [0.5, 0.6) is 0 Å². The molecule has 0 amide bonds. The Balaban J connectivity index is 4.25. The molecule has 2 atom stereocenters. The maximum absolute atomic E-state index is 12.9. The number of ether oxygens (including phenoxy) is 4. The zero-order valence-corrected chi connectivity index (χ0v) is 53.6. The van der Waals surface area contributed by atoms with Crippen LogP contribution in [0.4, 0.5) is 0 Å². The Bertz CT molecular complexity index is 1710. The van der Waals surface area contributed by atoms with E-state index in [1.54, 1.807) is 0 Å². The van der Waals surface area contributed by atoms with E-state index >= 15 is 0 Å². The van der Waals surface area contributed by atoms with Gasteiger partial charge in [0.05, 0.1) is 40.3 Å². The Morgan fingerprint density at radius 2 is 0.695 bits per heavy atom. The monoisotopic (exact) mass is 1140 g/mol. The number of likely N-dealkylation sites (N-methyl/N-ethyl adjacent to an activating group) is 1. The molecule has 0 saturated carbocycles. The molecule has 0 N–H and O–H groups in total. The quantitative estimate of drug-likeness (QED) is 0.0195. The van der Waals surface area contributed by atoms with Crippen LogP contribution in [0.15, 0.2) is 109 Å². The van der Waals surface area contributed by atoms with Crippen molar-refractivity contribution in [1.29, 1.82) is 0 Å². The summed E-state index contributed by atoms with van der Waals surface area (Å²) in [6.45, 7) is 4.62. The fraction of sp³-hybridized carbons (Fsp3) is 0.712. The van der Waals surface area contributed by atoms with Gasteiger partial charge in [-0.15, -0.1) is 0 Å². The van der Waals surface area contributed by atoms with Crippen molar-refractivity contribution in [2.45, 2.75) is 289 Å². The van der Waals surface area contributed by atoms with Gasteiger partial charge in [-0.05, 0) is 83.5 Å². The number of carbonyl (C=O) groups excluding carboxylic acids is 3. The summed E-state index contributed by atoms with van der Waals surface area (Å²) in [6, 6.07) is 0. The van der Waals surface area contributed by atoms with Crippen molar-refractivity contribution in [2.75, 3.05) is 47.5 Å². The zero-order valence-electron chi connectivity index (χ0n) is 53.6. The third kappa shape index (κ3) is 63.5. The lowest BCUT2D eigenvalue weighted by molar-refractivity contribution is -0.870. The minimum atomic E-state index is -1.64. The summed E-state index contributed by atoms with van der Waals surface area (Å²) in [5, 5.41) is 11.8. The van der Waals surface area contributed by atoms with Crippen molar-refractivity contribution in [3.05, 3.63) is 109 Å². The average molecular weight is 1140 g/mol. The molecule has 2 unspecified atom stereocenters. The number of carbonyl (C=O) groups is 3. The lowest BCUT2D eigenvalue weighted by atomic mass is 10.0. The van der Waals surface area contributed by atoms with Gasteiger partial charge in [-0.3, -0.25) is 9.59 Å². The van der Waals surface area contributed by atoms with E-state index in [2.05, 4.69) is 123 Å². The van der Waals surface area contributed by atoms with Crippen LogP contribution in [0, 0.1) is 0 Å². The molecule has 0 fully saturated rings. The van der Waals surface area contributed by atoms with Crippen molar-refractivity contribution in [3.8, 4) is 0 Å². The molecule has 0 aliphatic heterocycles. The Kier molecular flexibility index (Phi) is 59.9. The molecule has 0 rings (SSSR count). The third-order valence-electron chi connectivity index (χ3n) is 14.3. The summed E-state index contributed by atoms with van der Waals surface area (Å²) in [4.78, 5) is 37.4. The van der Waals surface area contributed by atoms with Crippen LogP contribution in [-0.2, 0) is 33.3 Å². The highest BCUT2D eigenvalue weighted by atomic mass is 16.7. The van der Waals surface area contributed by atoms with Gasteiger partial charge in [-0.2, -0.15) is 0 Å². The van der Waals surface area contributed by atoms with Crippen molar-refractivity contribution in [2.24, 2.45) is 0 Å². The molecule has 0 bridgehead atoms. The van der Waals surface area contributed by atoms with E-state index in [1.807, 2.05) is 21.1 Å². The van der Waals surface area contributed by atoms with Crippen molar-refractivity contribution in [3.63, 3.8) is 0 Å². The minimum absolute atomic E-state index is 0.136. The summed E-state index contributed by atoms with van der Waals surface area (Å²) in [7, 11) is 5.91. The standard InChI is InChI=1S/C73H125NO8/c1-6-8-10-12-14-16-18-20-22-24-26-28-30-32-34-35-36-37-38-40-42-44-46-48-50-52-54-56-58-60-62-64-71(76)82-69(68-81-73(72(77)78)79-66-65-74(3,4)5)67-80-70(75)63-61-59-57-55-53-51-49-47-45-43-41-39-33-31-29-27-25-23-21-19-17-15-13-11-9-7-2/h8,10,14,16,20,22,26,28,32,34,36-37,40,42,46,48,52,54,69,73H,6-7,9,11-13,15,17-19,21,23-25,27,29-31,33,35,38-39,41,43-45,47,49-51,53,55-68H2,1-5H3/b10-8-,16-14-,22-20-,28-26-,34-32-,37-36-,42-40-,48-46-,54-52-. The number of esters is 2. The number of quaternary nitrogens is 1. The molecule has 470 valence electrons. The van der Waals surface area contributed by atoms with Crippen molar-refractivity contribution in [1.82, 2.24) is 0 Å². The predicted octanol–water partition coefficient (Wildman–Crippen LogP) is 19.3. The number of aliphatic carboxylic acids is 1. The molecule has 9 nitrogen and oxygen atoms in total. The highest BCUT2D eigenvalue weighted by Crippen LogP contribution is 2.17. The number of hydrogen-bond donors (Lipinski definition) is 0. The van der Waals surface area contributed by atoms with Gasteiger partial charge in [0, 0.05) is 12.8 Å². The van der Waals surface area contributed by atoms with Gasteiger partial charge in [-0.1, -0.05) is 290 Å². The first kappa shape index (κ1) is 78.0. The number of nitrogens with zero attached hydrogens (tertiary/aromatic N) is 1. The number of carboxylic acid groups (broad SMARTS) is 1. The fourth-order valence-corrected chi connectivity index (χ4v) is 9.18. The summed E-state index contributed by atoms with van der Waals surface area (Å²) >= 11 is 0. The molecule has 9 heteroatoms. The highest BCUT2D eigenvalue weighted by molar-refractivity contribution is 5.70. The maximum atomic E-state index is 12.9. The van der Waals surface area contributed by atoms with E-state index in [1.165, 1.54) is 148 Å². The Morgan fingerprint density at radius 1 is 0.378 bits per heavy atom. The lowest BCUT2D eigenvalue weighted by Gasteiger charge is -2.26. The van der Waals surface area contributed by atoms with Gasteiger partial charge in [-0.25, -0.2) is 0 Å². The Morgan fingerprint density at radius 3 is 1.04 bits per heavy atom. The first-order valence-corrected chi connectivity index (χ1v) is 33.5. The van der Waals surface area contributed by atoms with E-state index in [0.717, 1.165) is 96.3 Å². The first-order valence-electron chi connectivity index (χ1n) is 33.5. The van der Waals surface area contributed by atoms with Crippen LogP contribution >= 0.6 is 0 Å². The predicted molar refractivity (Wildman–Crippen MR) is 347 cm³/mol. The van der Waals surface area contributed by atoms with E-state index in [0.29, 0.717) is 17.4 Å². The third-order valence-corrected chi connectivity index (χ3v) is 14.3. The first-order chi connectivity index (χ1) is 40.1. The largest absolute Gasteiger partial charge is 0.545 e. The second-order valence-corrected chi connectivity index (χ2v) is 23.4. The molecule has 82 heavy (non-hydrogen) atoms. The maximum Gasteiger partial charge on any atom is 0.306 e. The number of unbranched alkanes of at least 4 members (excludes halogenated alkanes) is 28. The SMILES string of the molecule is CC/C=C\C/C=C\C/C=C\C/C=C\C/C=C\C/C=C\C/C=C\C/C=C\C/C=C\CCCCCC(=O)OC(COC(=O)CCCCCCCCCCCCCCCCCCCCCCCCCCCC)COC(OCC[N+](C)(C)C)C(=O)[O-]. The number of rotatable bonds is 61. The molecule has 0 aromatic rings. The smallest absolute Gasteiger partial charge is 0.306 e. The van der Waals surface area contributed by atoms with E-state index < -0.39 is 24.3 Å². The van der Waals surface area contributed by atoms with Crippen LogP contribution in [0.25, 0.3) is 0 Å². The molecule has 0 saturated heterocycles. The molecule has 0 aliphatic rings. The molecule has 0 aliphatic carbocycles. The normalized spacial score (nSPS) is 13.4. The van der Waals surface area contributed by atoms with Crippen LogP contribution in [0.2, 0.25) is 0 Å². The Hall–Kier alpha value is -4.05. The summed E-state index contributed by atoms with van der Waals surface area (Å²) < 4.78 is 22.7. The van der Waals surface area contributed by atoms with Gasteiger partial charge in [0.25, 0.3) is 0 Å². The second-order valence-electron chi connectivity index (χ2n) is 23.4. The summed E-state index contributed by atoms with van der Waals surface area (Å²) in [5.74, 6) is -2.33. The van der Waals surface area contributed by atoms with Crippen molar-refractivity contribution < 1.29 is 42.9 Å². The van der Waals surface area contributed by atoms with Gasteiger partial charge in [0.2, 0.25) is 0 Å². The molecule has 0 aromatic carbocycles. The fourth-order valence-electron chi connectivity index (χ4n) is 9.18. The van der Waals surface area contributed by atoms with Gasteiger partial charge < -0.3 is 33.3 Å². The molecule has 0 aromatic heterocycles. The molecule has 0 radical (unpaired) electrons. The van der Waals surface area contributed by atoms with Crippen molar-refractivity contribution >= 4 is 17.9 Å². The molecule has 0 spiro atoms. The average Bonchev–Trinajstić information content (AvgIpc) is 3.45. The number of carboxylic acids is 1. The zero-order chi connectivity index (χ0) is 59.8.